The molecule has 3 fully saturated rings. The third-order valence-electron chi connectivity index (χ3n) is 11.8. The summed E-state index contributed by atoms with van der Waals surface area (Å²) in [6.45, 7) is 6.89. The van der Waals surface area contributed by atoms with Crippen LogP contribution < -0.4 is 15.0 Å². The van der Waals surface area contributed by atoms with Crippen LogP contribution in [0.2, 0.25) is 5.02 Å². The maximum absolute atomic E-state index is 14.3. The van der Waals surface area contributed by atoms with Crippen molar-refractivity contribution in [1.82, 2.24) is 15.3 Å². The van der Waals surface area contributed by atoms with Gasteiger partial charge in [0.25, 0.3) is 11.8 Å². The molecule has 5 rings (SSSR count). The summed E-state index contributed by atoms with van der Waals surface area (Å²) in [6.07, 6.45) is 1.25. The van der Waals surface area contributed by atoms with E-state index in [1.54, 1.807) is 39.1 Å². The first-order chi connectivity index (χ1) is 29.7. The molecule has 18 nitrogen and oxygen atoms in total. The zero-order valence-electron chi connectivity index (χ0n) is 36.8. The highest BCUT2D eigenvalue weighted by Crippen LogP contribution is 2.49. The highest BCUT2D eigenvalue weighted by Gasteiger charge is 2.64. The lowest BCUT2D eigenvalue weighted by atomic mass is 9.83. The molecule has 1 unspecified atom stereocenters. The molecule has 0 aliphatic carbocycles. The summed E-state index contributed by atoms with van der Waals surface area (Å²) in [5.41, 5.74) is -0.898. The smallest absolute Gasteiger partial charge is 0.409 e. The molecule has 4 heterocycles. The molecule has 0 radical (unpaired) electrons. The first kappa shape index (κ1) is 49.3. The number of nitrogens with one attached hydrogen (secondary N) is 1. The molecule has 0 spiro atoms. The normalized spacial score (nSPS) is 29.6. The fourth-order valence-corrected chi connectivity index (χ4v) is 8.90. The second-order valence-corrected chi connectivity index (χ2v) is 18.1. The number of hydroxylamine groups is 2. The van der Waals surface area contributed by atoms with Crippen LogP contribution in [0.4, 0.5) is 10.5 Å². The van der Waals surface area contributed by atoms with Gasteiger partial charge in [0.05, 0.1) is 37.8 Å². The first-order valence-electron chi connectivity index (χ1n) is 20.7. The van der Waals surface area contributed by atoms with Crippen molar-refractivity contribution in [1.29, 1.82) is 0 Å². The number of anilines is 1. The van der Waals surface area contributed by atoms with E-state index in [1.807, 2.05) is 19.1 Å². The molecule has 1 aromatic carbocycles. The number of imide groups is 1. The second-order valence-electron chi connectivity index (χ2n) is 16.5. The van der Waals surface area contributed by atoms with Crippen LogP contribution in [0, 0.1) is 5.92 Å². The van der Waals surface area contributed by atoms with Gasteiger partial charge < -0.3 is 43.4 Å². The monoisotopic (exact) mass is 920 g/mol. The van der Waals surface area contributed by atoms with Crippen LogP contribution in [-0.4, -0.2) is 138 Å². The van der Waals surface area contributed by atoms with Crippen LogP contribution in [0.25, 0.3) is 0 Å². The van der Waals surface area contributed by atoms with Gasteiger partial charge in [-0.25, -0.2) is 14.4 Å². The second kappa shape index (κ2) is 20.9. The number of carbonyl (C=O) groups is 7. The Kier molecular flexibility index (Phi) is 16.3. The van der Waals surface area contributed by atoms with E-state index in [0.717, 1.165) is 11.1 Å². The van der Waals surface area contributed by atoms with Crippen LogP contribution >= 0.6 is 23.4 Å². The number of fused-ring (bicyclic) bond motifs is 5. The summed E-state index contributed by atoms with van der Waals surface area (Å²) in [5.74, 6) is -3.25. The number of methoxy groups -OCH3 is 2. The Morgan fingerprint density at radius 1 is 1.08 bits per heavy atom. The first-order valence-corrected chi connectivity index (χ1v) is 22.2. The highest BCUT2D eigenvalue weighted by molar-refractivity contribution is 7.99. The number of aliphatic hydroxyl groups is 1. The van der Waals surface area contributed by atoms with Gasteiger partial charge in [-0.05, 0) is 44.9 Å². The van der Waals surface area contributed by atoms with Crippen LogP contribution in [0.15, 0.2) is 35.9 Å². The zero-order chi connectivity index (χ0) is 46.4. The molecular weight excluding hydrogens is 864 g/mol. The van der Waals surface area contributed by atoms with Crippen LogP contribution in [0.3, 0.4) is 0 Å². The maximum Gasteiger partial charge on any atom is 0.409 e. The number of thioether (sulfide) groups is 1. The molecule has 2 N–H and O–H groups in total. The van der Waals surface area contributed by atoms with Gasteiger partial charge in [0, 0.05) is 70.7 Å². The molecule has 0 saturated carbocycles. The number of hydrogen-bond donors (Lipinski definition) is 2. The Bertz CT molecular complexity index is 2000. The number of hydrogen-bond acceptors (Lipinski definition) is 15. The van der Waals surface area contributed by atoms with Crippen molar-refractivity contribution in [3.05, 3.63) is 46.5 Å². The van der Waals surface area contributed by atoms with Crippen LogP contribution in [0.1, 0.15) is 78.2 Å². The van der Waals surface area contributed by atoms with E-state index in [1.165, 1.54) is 49.8 Å². The zero-order valence-corrected chi connectivity index (χ0v) is 38.4. The van der Waals surface area contributed by atoms with Crippen LogP contribution in [-0.2, 0) is 59.0 Å². The van der Waals surface area contributed by atoms with E-state index in [2.05, 4.69) is 5.32 Å². The van der Waals surface area contributed by atoms with Gasteiger partial charge >= 0.3 is 18.0 Å². The molecule has 3 saturated heterocycles. The van der Waals surface area contributed by atoms with Crippen LogP contribution in [0.5, 0.6) is 5.75 Å². The number of halogens is 1. The average molecular weight is 921 g/mol. The number of esters is 1. The van der Waals surface area contributed by atoms with Crippen molar-refractivity contribution >= 4 is 70.7 Å². The number of alkyl carbamates (subject to hydrolysis) is 1. The predicted molar refractivity (Wildman–Crippen MR) is 229 cm³/mol. The Balaban J connectivity index is 1.33. The minimum Gasteiger partial charge on any atom is -0.495 e. The quantitative estimate of drug-likeness (QED) is 0.131. The van der Waals surface area contributed by atoms with Crippen molar-refractivity contribution < 1.29 is 67.2 Å². The summed E-state index contributed by atoms with van der Waals surface area (Å²) in [4.78, 5) is 97.3. The van der Waals surface area contributed by atoms with Crippen molar-refractivity contribution in [3.8, 4) is 5.75 Å². The number of carbonyl (C=O) groups excluding carboxylic acids is 7. The molecule has 4 aliphatic rings. The van der Waals surface area contributed by atoms with E-state index < -0.39 is 89.4 Å². The average Bonchev–Trinajstić information content (AvgIpc) is 3.84. The molecule has 1 aromatic rings. The number of epoxide rings is 1. The van der Waals surface area contributed by atoms with Gasteiger partial charge in [-0.1, -0.05) is 42.3 Å². The van der Waals surface area contributed by atoms with Gasteiger partial charge in [0.2, 0.25) is 11.8 Å². The van der Waals surface area contributed by atoms with Crippen molar-refractivity contribution in [2.45, 2.75) is 121 Å². The Morgan fingerprint density at radius 2 is 1.76 bits per heavy atom. The molecular formula is C43H57ClN4O14S. The summed E-state index contributed by atoms with van der Waals surface area (Å²) in [6, 6.07) is 2.46. The third-order valence-corrected chi connectivity index (χ3v) is 13.2. The Hall–Kier alpha value is -4.69. The lowest BCUT2D eigenvalue weighted by molar-refractivity contribution is -0.197. The number of allylic oxidation sites excluding steroid dienone is 3. The third kappa shape index (κ3) is 12.1. The number of rotatable bonds is 12. The van der Waals surface area contributed by atoms with E-state index >= 15 is 0 Å². The van der Waals surface area contributed by atoms with Crippen molar-refractivity contribution in [3.63, 3.8) is 0 Å². The fraction of sp³-hybridized carbons (Fsp3) is 0.605. The number of nitrogens with zero attached hydrogens (tertiary/aromatic N) is 3. The van der Waals surface area contributed by atoms with Gasteiger partial charge in [0.15, 0.2) is 0 Å². The van der Waals surface area contributed by atoms with E-state index in [4.69, 9.17) is 40.1 Å². The number of likely N-dealkylation sites (N-methyl/N-ethyl adjacent to an activating group) is 1. The van der Waals surface area contributed by atoms with E-state index in [0.29, 0.717) is 28.7 Å². The highest BCUT2D eigenvalue weighted by atomic mass is 35.5. The Labute approximate surface area is 375 Å². The minimum atomic E-state index is -1.71. The molecule has 346 valence electrons. The minimum absolute atomic E-state index is 0.00534. The SMILES string of the molecule is COc1cc2cc(c1Cl)N(C)C(=O)C[C@H](OC(=O)[C@H](C)N(C)C(=O)CCSCCC(=O)ON1C(=O)CCC1=O)C1(C)O[C@H]1[C@H](C)[C@@H]1C[C@](O)(C[C@H](OC)/C=C/C=C(\C)C2)NC(=O)O1. The molecule has 8 atom stereocenters. The summed E-state index contributed by atoms with van der Waals surface area (Å²) in [7, 11) is 5.97. The van der Waals surface area contributed by atoms with E-state index in [9.17, 15) is 38.7 Å². The lowest BCUT2D eigenvalue weighted by Gasteiger charge is -2.40. The lowest BCUT2D eigenvalue weighted by Crippen LogP contribution is -2.59. The molecule has 63 heavy (non-hydrogen) atoms. The standard InChI is InChI=1S/C43H57ClN4O14S/c1-24-10-9-11-28(57-7)22-43(56)23-31(59-41(55)45-43)25(2)39-42(4,61-39)32(21-36(52)47(6)29-19-27(18-24)20-30(58-8)38(29)44)60-40(54)26(3)46(5)33(49)14-16-63-17-15-37(53)62-48-34(50)12-13-35(48)51/h9-11,19-20,25-26,28,31-32,39,56H,12-18,21-23H2,1-8H3,(H,45,55)/b11-9+,24-10+/t25-,26+,28-,31+,32+,39+,42?,43-/m1/s1. The van der Waals surface area contributed by atoms with Gasteiger partial charge in [-0.3, -0.25) is 24.5 Å². The number of amides is 5. The fourth-order valence-electron chi connectivity index (χ4n) is 7.76. The van der Waals surface area contributed by atoms with Gasteiger partial charge in [-0.15, -0.1) is 5.06 Å². The summed E-state index contributed by atoms with van der Waals surface area (Å²) < 4.78 is 29.3. The maximum atomic E-state index is 14.3. The summed E-state index contributed by atoms with van der Waals surface area (Å²) in [5, 5.41) is 14.9. The molecule has 4 aliphatic heterocycles. The van der Waals surface area contributed by atoms with Crippen molar-refractivity contribution in [2.24, 2.45) is 5.92 Å². The number of ether oxygens (including phenoxy) is 5. The topological polar surface area (TPSA) is 220 Å². The van der Waals surface area contributed by atoms with E-state index in [-0.39, 0.29) is 55.7 Å². The predicted octanol–water partition coefficient (Wildman–Crippen LogP) is 4.03. The largest absolute Gasteiger partial charge is 0.495 e. The molecule has 4 bridgehead atoms. The molecule has 0 aromatic heterocycles. The molecule has 5 amide bonds. The number of benzene rings is 1. The Morgan fingerprint density at radius 3 is 2.43 bits per heavy atom. The van der Waals surface area contributed by atoms with Gasteiger partial charge in [-0.2, -0.15) is 11.8 Å². The summed E-state index contributed by atoms with van der Waals surface area (Å²) >= 11 is 8.06. The molecule has 20 heteroatoms. The van der Waals surface area contributed by atoms with Gasteiger partial charge in [0.1, 0.15) is 40.3 Å². The van der Waals surface area contributed by atoms with Crippen molar-refractivity contribution in [2.75, 3.05) is 44.7 Å².